The van der Waals surface area contributed by atoms with Crippen LogP contribution in [0.25, 0.3) is 0 Å². The van der Waals surface area contributed by atoms with E-state index in [1.54, 1.807) is 10.7 Å². The van der Waals surface area contributed by atoms with E-state index in [9.17, 15) is 9.59 Å². The minimum atomic E-state index is -0.267. The zero-order valence-electron chi connectivity index (χ0n) is 17.4. The van der Waals surface area contributed by atoms with Gasteiger partial charge in [0.25, 0.3) is 11.8 Å². The molecule has 0 fully saturated rings. The highest BCUT2D eigenvalue weighted by molar-refractivity contribution is 5.98. The number of aromatic nitrogens is 2. The standard InChI is InChI=1S/C24H26N4O2/c1-17-8-10-19(11-9-17)16-27-12-5-13-28-22(24(27)30)14-21(26-28)23(29)25-15-20-7-4-3-6-18(20)2/h3-4,6-11,14H,5,12-13,15-16H2,1-2H3,(H,25,29). The minimum absolute atomic E-state index is 0.0847. The van der Waals surface area contributed by atoms with Crippen molar-refractivity contribution in [2.75, 3.05) is 6.54 Å². The summed E-state index contributed by atoms with van der Waals surface area (Å²) in [4.78, 5) is 27.6. The average Bonchev–Trinajstić information content (AvgIpc) is 3.12. The van der Waals surface area contributed by atoms with E-state index >= 15 is 0 Å². The second-order valence-corrected chi connectivity index (χ2v) is 7.81. The van der Waals surface area contributed by atoms with Gasteiger partial charge in [-0.3, -0.25) is 14.3 Å². The van der Waals surface area contributed by atoms with Crippen molar-refractivity contribution in [3.63, 3.8) is 0 Å². The van der Waals surface area contributed by atoms with Crippen LogP contribution in [0.5, 0.6) is 0 Å². The molecule has 1 aliphatic rings. The number of aryl methyl sites for hydroxylation is 3. The van der Waals surface area contributed by atoms with E-state index in [2.05, 4.69) is 34.7 Å². The van der Waals surface area contributed by atoms with E-state index in [1.165, 1.54) is 5.56 Å². The fraction of sp³-hybridized carbons (Fsp3) is 0.292. The molecule has 0 aliphatic carbocycles. The van der Waals surface area contributed by atoms with E-state index < -0.39 is 0 Å². The molecule has 0 radical (unpaired) electrons. The molecule has 2 heterocycles. The van der Waals surface area contributed by atoms with Gasteiger partial charge in [-0.15, -0.1) is 0 Å². The number of hydrogen-bond donors (Lipinski definition) is 1. The fourth-order valence-corrected chi connectivity index (χ4v) is 3.68. The van der Waals surface area contributed by atoms with E-state index in [0.717, 1.165) is 23.1 Å². The number of rotatable bonds is 5. The maximum atomic E-state index is 13.1. The first-order valence-electron chi connectivity index (χ1n) is 10.3. The fourth-order valence-electron chi connectivity index (χ4n) is 3.68. The Morgan fingerprint density at radius 2 is 1.83 bits per heavy atom. The van der Waals surface area contributed by atoms with Gasteiger partial charge in [-0.2, -0.15) is 5.10 Å². The van der Waals surface area contributed by atoms with Gasteiger partial charge in [0.05, 0.1) is 0 Å². The Bertz CT molecular complexity index is 1070. The van der Waals surface area contributed by atoms with Gasteiger partial charge >= 0.3 is 0 Å². The second-order valence-electron chi connectivity index (χ2n) is 7.81. The summed E-state index contributed by atoms with van der Waals surface area (Å²) >= 11 is 0. The van der Waals surface area contributed by atoms with Gasteiger partial charge in [0.15, 0.2) is 5.69 Å². The maximum Gasteiger partial charge on any atom is 0.272 e. The number of nitrogens with one attached hydrogen (secondary N) is 1. The SMILES string of the molecule is Cc1ccc(CN2CCCn3nc(C(=O)NCc4ccccc4C)cc3C2=O)cc1. The quantitative estimate of drug-likeness (QED) is 0.711. The summed E-state index contributed by atoms with van der Waals surface area (Å²) < 4.78 is 1.67. The van der Waals surface area contributed by atoms with Crippen LogP contribution in [0, 0.1) is 13.8 Å². The van der Waals surface area contributed by atoms with Crippen molar-refractivity contribution in [1.82, 2.24) is 20.0 Å². The third-order valence-corrected chi connectivity index (χ3v) is 5.51. The predicted octanol–water partition coefficient (Wildman–Crippen LogP) is 3.48. The molecule has 0 unspecified atom stereocenters. The van der Waals surface area contributed by atoms with Crippen LogP contribution in [-0.2, 0) is 19.6 Å². The van der Waals surface area contributed by atoms with E-state index in [0.29, 0.717) is 31.9 Å². The number of amides is 2. The molecule has 3 aromatic rings. The number of fused-ring (bicyclic) bond motifs is 1. The number of benzene rings is 2. The smallest absolute Gasteiger partial charge is 0.272 e. The highest BCUT2D eigenvalue weighted by Gasteiger charge is 2.26. The van der Waals surface area contributed by atoms with Crippen LogP contribution in [0.2, 0.25) is 0 Å². The summed E-state index contributed by atoms with van der Waals surface area (Å²) in [6.07, 6.45) is 0.802. The topological polar surface area (TPSA) is 67.2 Å². The highest BCUT2D eigenvalue weighted by atomic mass is 16.2. The van der Waals surface area contributed by atoms with Gasteiger partial charge in [-0.1, -0.05) is 54.1 Å². The van der Waals surface area contributed by atoms with Gasteiger partial charge in [-0.05, 0) is 37.0 Å². The molecule has 1 N–H and O–H groups in total. The number of nitrogens with zero attached hydrogens (tertiary/aromatic N) is 3. The monoisotopic (exact) mass is 402 g/mol. The normalized spacial score (nSPS) is 13.7. The third kappa shape index (κ3) is 4.27. The van der Waals surface area contributed by atoms with Gasteiger partial charge in [0.1, 0.15) is 5.69 Å². The van der Waals surface area contributed by atoms with Crippen LogP contribution in [0.1, 0.15) is 49.7 Å². The summed E-state index contributed by atoms with van der Waals surface area (Å²) in [5, 5.41) is 7.32. The third-order valence-electron chi connectivity index (χ3n) is 5.51. The Labute approximate surface area is 176 Å². The van der Waals surface area contributed by atoms with Crippen molar-refractivity contribution in [2.45, 2.75) is 39.9 Å². The number of hydrogen-bond acceptors (Lipinski definition) is 3. The lowest BCUT2D eigenvalue weighted by Crippen LogP contribution is -2.30. The molecule has 2 aromatic carbocycles. The Morgan fingerprint density at radius 3 is 2.60 bits per heavy atom. The Hall–Kier alpha value is -3.41. The van der Waals surface area contributed by atoms with Gasteiger partial charge < -0.3 is 10.2 Å². The highest BCUT2D eigenvalue weighted by Crippen LogP contribution is 2.17. The zero-order valence-corrected chi connectivity index (χ0v) is 17.4. The van der Waals surface area contributed by atoms with Crippen molar-refractivity contribution in [2.24, 2.45) is 0 Å². The van der Waals surface area contributed by atoms with Crippen molar-refractivity contribution in [3.8, 4) is 0 Å². The molecular weight excluding hydrogens is 376 g/mol. The summed E-state index contributed by atoms with van der Waals surface area (Å²) in [7, 11) is 0. The number of carbonyl (C=O) groups excluding carboxylic acids is 2. The van der Waals surface area contributed by atoms with Gasteiger partial charge in [0, 0.05) is 32.2 Å². The van der Waals surface area contributed by atoms with Crippen molar-refractivity contribution < 1.29 is 9.59 Å². The lowest BCUT2D eigenvalue weighted by Gasteiger charge is -2.20. The molecule has 30 heavy (non-hydrogen) atoms. The van der Waals surface area contributed by atoms with Crippen LogP contribution < -0.4 is 5.32 Å². The summed E-state index contributed by atoms with van der Waals surface area (Å²) in [6, 6.07) is 17.8. The molecule has 154 valence electrons. The molecule has 0 atom stereocenters. The first kappa shape index (κ1) is 19.9. The molecule has 2 amide bonds. The van der Waals surface area contributed by atoms with Gasteiger partial charge in [-0.25, -0.2) is 0 Å². The summed E-state index contributed by atoms with van der Waals surface area (Å²) in [5.74, 6) is -0.352. The van der Waals surface area contributed by atoms with Gasteiger partial charge in [0.2, 0.25) is 0 Å². The largest absolute Gasteiger partial charge is 0.347 e. The molecule has 0 spiro atoms. The van der Waals surface area contributed by atoms with Crippen molar-refractivity contribution in [1.29, 1.82) is 0 Å². The Kier molecular flexibility index (Phi) is 5.65. The molecule has 0 bridgehead atoms. The Morgan fingerprint density at radius 1 is 1.07 bits per heavy atom. The maximum absolute atomic E-state index is 13.1. The van der Waals surface area contributed by atoms with E-state index in [1.807, 2.05) is 43.0 Å². The lowest BCUT2D eigenvalue weighted by molar-refractivity contribution is 0.0745. The van der Waals surface area contributed by atoms with Crippen LogP contribution in [0.3, 0.4) is 0 Å². The first-order chi connectivity index (χ1) is 14.5. The first-order valence-corrected chi connectivity index (χ1v) is 10.3. The summed E-state index contributed by atoms with van der Waals surface area (Å²) in [5.41, 5.74) is 5.23. The molecule has 0 saturated carbocycles. The van der Waals surface area contributed by atoms with Crippen LogP contribution in [0.4, 0.5) is 0 Å². The average molecular weight is 402 g/mol. The molecule has 6 heteroatoms. The molecule has 1 aliphatic heterocycles. The van der Waals surface area contributed by atoms with E-state index in [4.69, 9.17) is 0 Å². The van der Waals surface area contributed by atoms with Crippen molar-refractivity contribution >= 4 is 11.8 Å². The molecule has 1 aromatic heterocycles. The van der Waals surface area contributed by atoms with Crippen LogP contribution in [0.15, 0.2) is 54.6 Å². The molecule has 0 saturated heterocycles. The zero-order chi connectivity index (χ0) is 21.1. The molecular formula is C24H26N4O2. The minimum Gasteiger partial charge on any atom is -0.347 e. The molecule has 6 nitrogen and oxygen atoms in total. The number of carbonyl (C=O) groups is 2. The van der Waals surface area contributed by atoms with E-state index in [-0.39, 0.29) is 17.5 Å². The van der Waals surface area contributed by atoms with Crippen LogP contribution in [-0.4, -0.2) is 33.0 Å². The summed E-state index contributed by atoms with van der Waals surface area (Å²) in [6.45, 7) is 6.34. The predicted molar refractivity (Wildman–Crippen MR) is 115 cm³/mol. The lowest BCUT2D eigenvalue weighted by atomic mass is 10.1. The molecule has 4 rings (SSSR count). The second kappa shape index (κ2) is 8.53. The Balaban J connectivity index is 1.47. The van der Waals surface area contributed by atoms with Crippen molar-refractivity contribution in [3.05, 3.63) is 88.2 Å². The van der Waals surface area contributed by atoms with Crippen LogP contribution >= 0.6 is 0 Å².